The first-order valence-corrected chi connectivity index (χ1v) is 7.07. The Hall–Kier alpha value is -2.35. The summed E-state index contributed by atoms with van der Waals surface area (Å²) in [6, 6.07) is 1.57. The Morgan fingerprint density at radius 1 is 1.41 bits per heavy atom. The second kappa shape index (κ2) is 5.80. The highest BCUT2D eigenvalue weighted by Crippen LogP contribution is 2.24. The average Bonchev–Trinajstić information content (AvgIpc) is 3.16. The van der Waals surface area contributed by atoms with Crippen LogP contribution in [0.5, 0.6) is 5.88 Å². The minimum Gasteiger partial charge on any atom is -0.479 e. The van der Waals surface area contributed by atoms with Gasteiger partial charge in [0.2, 0.25) is 5.76 Å². The average molecular weight is 305 g/mol. The molecule has 118 valence electrons. The summed E-state index contributed by atoms with van der Waals surface area (Å²) in [6.45, 7) is 1.97. The van der Waals surface area contributed by atoms with E-state index in [1.54, 1.807) is 11.1 Å². The number of carbonyl (C=O) groups excluding carboxylic acids is 1. The number of carbonyl (C=O) groups is 1. The molecular weight excluding hydrogens is 286 g/mol. The summed E-state index contributed by atoms with van der Waals surface area (Å²) in [5.41, 5.74) is 0. The third-order valence-corrected chi connectivity index (χ3v) is 4.00. The van der Waals surface area contributed by atoms with Crippen LogP contribution in [0.25, 0.3) is 0 Å². The van der Waals surface area contributed by atoms with Gasteiger partial charge >= 0.3 is 0 Å². The first kappa shape index (κ1) is 14.6. The molecule has 1 atom stereocenters. The number of ether oxygens (including phenoxy) is 1. The van der Waals surface area contributed by atoms with E-state index in [4.69, 9.17) is 9.26 Å². The SMILES string of the molecule is COc1cc(C(=O)N2CCN(C)[C@H](c3nccn3C)C2)on1. The van der Waals surface area contributed by atoms with Crippen molar-refractivity contribution in [1.29, 1.82) is 0 Å². The fourth-order valence-corrected chi connectivity index (χ4v) is 2.65. The molecule has 0 N–H and O–H groups in total. The van der Waals surface area contributed by atoms with Gasteiger partial charge in [-0.3, -0.25) is 9.69 Å². The maximum Gasteiger partial charge on any atom is 0.292 e. The van der Waals surface area contributed by atoms with E-state index in [0.717, 1.165) is 12.4 Å². The first-order chi connectivity index (χ1) is 10.6. The predicted octanol–water partition coefficient (Wildman–Crippen LogP) is 0.546. The van der Waals surface area contributed by atoms with Gasteiger partial charge in [0.15, 0.2) is 0 Å². The number of hydrogen-bond donors (Lipinski definition) is 0. The molecule has 0 radical (unpaired) electrons. The lowest BCUT2D eigenvalue weighted by Gasteiger charge is -2.38. The molecule has 8 heteroatoms. The van der Waals surface area contributed by atoms with Crippen LogP contribution in [0.15, 0.2) is 23.0 Å². The Morgan fingerprint density at radius 3 is 2.86 bits per heavy atom. The molecule has 1 saturated heterocycles. The largest absolute Gasteiger partial charge is 0.479 e. The molecule has 0 bridgehead atoms. The molecule has 3 rings (SSSR count). The number of imidazole rings is 1. The van der Waals surface area contributed by atoms with Crippen LogP contribution in [0, 0.1) is 0 Å². The number of likely N-dealkylation sites (N-methyl/N-ethyl adjacent to an activating group) is 1. The van der Waals surface area contributed by atoms with Gasteiger partial charge in [0.1, 0.15) is 5.82 Å². The van der Waals surface area contributed by atoms with Crippen LogP contribution < -0.4 is 4.74 Å². The predicted molar refractivity (Wildman–Crippen MR) is 77.5 cm³/mol. The van der Waals surface area contributed by atoms with E-state index in [1.807, 2.05) is 24.9 Å². The number of rotatable bonds is 3. The lowest BCUT2D eigenvalue weighted by molar-refractivity contribution is 0.0492. The van der Waals surface area contributed by atoms with Crippen LogP contribution in [0.1, 0.15) is 22.4 Å². The highest BCUT2D eigenvalue weighted by atomic mass is 16.5. The van der Waals surface area contributed by atoms with Crippen molar-refractivity contribution < 1.29 is 14.1 Å². The molecule has 3 heterocycles. The summed E-state index contributed by atoms with van der Waals surface area (Å²) >= 11 is 0. The van der Waals surface area contributed by atoms with Crippen LogP contribution in [0.3, 0.4) is 0 Å². The smallest absolute Gasteiger partial charge is 0.292 e. The first-order valence-electron chi connectivity index (χ1n) is 7.07. The molecule has 1 aliphatic rings. The van der Waals surface area contributed by atoms with Crippen molar-refractivity contribution in [1.82, 2.24) is 24.5 Å². The number of nitrogens with zero attached hydrogens (tertiary/aromatic N) is 5. The van der Waals surface area contributed by atoms with E-state index in [-0.39, 0.29) is 17.7 Å². The van der Waals surface area contributed by atoms with Crippen molar-refractivity contribution >= 4 is 5.91 Å². The molecule has 1 amide bonds. The molecule has 0 aromatic carbocycles. The molecule has 0 unspecified atom stereocenters. The number of piperazine rings is 1. The molecule has 2 aromatic heterocycles. The zero-order valence-corrected chi connectivity index (χ0v) is 12.9. The highest BCUT2D eigenvalue weighted by Gasteiger charge is 2.32. The lowest BCUT2D eigenvalue weighted by Crippen LogP contribution is -2.49. The molecule has 22 heavy (non-hydrogen) atoms. The van der Waals surface area contributed by atoms with Crippen molar-refractivity contribution in [3.8, 4) is 5.88 Å². The number of hydrogen-bond acceptors (Lipinski definition) is 6. The van der Waals surface area contributed by atoms with Crippen molar-refractivity contribution in [3.05, 3.63) is 30.0 Å². The summed E-state index contributed by atoms with van der Waals surface area (Å²) in [7, 11) is 5.48. The van der Waals surface area contributed by atoms with E-state index >= 15 is 0 Å². The van der Waals surface area contributed by atoms with Gasteiger partial charge in [-0.05, 0) is 12.2 Å². The normalized spacial score (nSPS) is 19.4. The van der Waals surface area contributed by atoms with E-state index in [1.165, 1.54) is 13.2 Å². The molecular formula is C14H19N5O3. The lowest BCUT2D eigenvalue weighted by atomic mass is 10.1. The fourth-order valence-electron chi connectivity index (χ4n) is 2.65. The minimum absolute atomic E-state index is 0.0579. The van der Waals surface area contributed by atoms with Gasteiger partial charge in [-0.15, -0.1) is 0 Å². The van der Waals surface area contributed by atoms with Gasteiger partial charge in [-0.2, -0.15) is 0 Å². The molecule has 8 nitrogen and oxygen atoms in total. The molecule has 1 aliphatic heterocycles. The van der Waals surface area contributed by atoms with Crippen LogP contribution in [-0.2, 0) is 7.05 Å². The Balaban J connectivity index is 1.78. The van der Waals surface area contributed by atoms with Crippen molar-refractivity contribution in [2.24, 2.45) is 7.05 Å². The number of aryl methyl sites for hydroxylation is 1. The zero-order chi connectivity index (χ0) is 15.7. The fraction of sp³-hybridized carbons (Fsp3) is 0.500. The van der Waals surface area contributed by atoms with Gasteiger partial charge < -0.3 is 18.7 Å². The second-order valence-corrected chi connectivity index (χ2v) is 5.38. The summed E-state index contributed by atoms with van der Waals surface area (Å²) in [5.74, 6) is 1.26. The third kappa shape index (κ3) is 2.57. The van der Waals surface area contributed by atoms with Gasteiger partial charge in [0, 0.05) is 39.1 Å². The van der Waals surface area contributed by atoms with E-state index < -0.39 is 0 Å². The van der Waals surface area contributed by atoms with Gasteiger partial charge in [0.25, 0.3) is 11.8 Å². The van der Waals surface area contributed by atoms with E-state index in [2.05, 4.69) is 15.0 Å². The maximum atomic E-state index is 12.5. The monoisotopic (exact) mass is 305 g/mol. The van der Waals surface area contributed by atoms with Crippen molar-refractivity contribution in [2.45, 2.75) is 6.04 Å². The topological polar surface area (TPSA) is 76.6 Å². The van der Waals surface area contributed by atoms with Gasteiger partial charge in [-0.1, -0.05) is 0 Å². The third-order valence-electron chi connectivity index (χ3n) is 4.00. The minimum atomic E-state index is -0.178. The summed E-state index contributed by atoms with van der Waals surface area (Å²) < 4.78 is 12.0. The Morgan fingerprint density at radius 2 is 2.23 bits per heavy atom. The molecule has 0 aliphatic carbocycles. The van der Waals surface area contributed by atoms with Crippen LogP contribution in [0.4, 0.5) is 0 Å². The van der Waals surface area contributed by atoms with E-state index in [9.17, 15) is 4.79 Å². The zero-order valence-electron chi connectivity index (χ0n) is 12.9. The van der Waals surface area contributed by atoms with Crippen molar-refractivity contribution in [2.75, 3.05) is 33.8 Å². The number of methoxy groups -OCH3 is 1. The summed E-state index contributed by atoms with van der Waals surface area (Å²) in [4.78, 5) is 20.9. The standard InChI is InChI=1S/C14H19N5O3/c1-17-6-7-19(9-10(17)13-15-4-5-18(13)2)14(20)11-8-12(21-3)16-22-11/h4-5,8,10H,6-7,9H2,1-3H3/t10-/m0/s1. The van der Waals surface area contributed by atoms with E-state index in [0.29, 0.717) is 19.0 Å². The van der Waals surface area contributed by atoms with Gasteiger partial charge in [-0.25, -0.2) is 4.98 Å². The van der Waals surface area contributed by atoms with Crippen LogP contribution in [0.2, 0.25) is 0 Å². The summed E-state index contributed by atoms with van der Waals surface area (Å²) in [5, 5.41) is 3.68. The molecule has 2 aromatic rings. The molecule has 1 fully saturated rings. The molecule has 0 spiro atoms. The number of amides is 1. The quantitative estimate of drug-likeness (QED) is 0.824. The van der Waals surface area contributed by atoms with Gasteiger partial charge in [0.05, 0.1) is 19.2 Å². The maximum absolute atomic E-state index is 12.5. The second-order valence-electron chi connectivity index (χ2n) is 5.38. The Labute approximate surface area is 128 Å². The Bertz CT molecular complexity index is 665. The van der Waals surface area contributed by atoms with Crippen molar-refractivity contribution in [3.63, 3.8) is 0 Å². The van der Waals surface area contributed by atoms with Crippen LogP contribution in [-0.4, -0.2) is 64.2 Å². The highest BCUT2D eigenvalue weighted by molar-refractivity contribution is 5.91. The summed E-state index contributed by atoms with van der Waals surface area (Å²) in [6.07, 6.45) is 3.68. The van der Waals surface area contributed by atoms with Crippen LogP contribution >= 0.6 is 0 Å². The number of aromatic nitrogens is 3. The Kier molecular flexibility index (Phi) is 3.84. The molecule has 0 saturated carbocycles.